The van der Waals surface area contributed by atoms with Gasteiger partial charge in [-0.25, -0.2) is 9.78 Å². The molecule has 0 aliphatic rings. The summed E-state index contributed by atoms with van der Waals surface area (Å²) in [7, 11) is 1.59. The first kappa shape index (κ1) is 22.8. The maximum Gasteiger partial charge on any atom is 0.283 e. The summed E-state index contributed by atoms with van der Waals surface area (Å²) >= 11 is 0. The van der Waals surface area contributed by atoms with Gasteiger partial charge in [-0.2, -0.15) is 0 Å². The van der Waals surface area contributed by atoms with Crippen LogP contribution in [0.3, 0.4) is 0 Å². The van der Waals surface area contributed by atoms with Gasteiger partial charge in [0, 0.05) is 26.6 Å². The molecule has 0 aromatic rings. The van der Waals surface area contributed by atoms with Crippen LogP contribution in [-0.2, 0) is 28.7 Å². The van der Waals surface area contributed by atoms with E-state index in [0.717, 1.165) is 19.3 Å². The fourth-order valence-corrected chi connectivity index (χ4v) is 1.98. The third kappa shape index (κ3) is 11.0. The van der Waals surface area contributed by atoms with Crippen molar-refractivity contribution in [1.29, 1.82) is 0 Å². The van der Waals surface area contributed by atoms with Crippen molar-refractivity contribution < 1.29 is 28.7 Å². The number of hydrogen-bond acceptors (Lipinski definition) is 6. The molecule has 0 bridgehead atoms. The van der Waals surface area contributed by atoms with Crippen molar-refractivity contribution in [2.24, 2.45) is 0 Å². The highest BCUT2D eigenvalue weighted by atomic mass is 17.2. The quantitative estimate of drug-likeness (QED) is 0.184. The molecule has 0 fully saturated rings. The van der Waals surface area contributed by atoms with Crippen LogP contribution < -0.4 is 0 Å². The average Bonchev–Trinajstić information content (AvgIpc) is 2.52. The largest absolute Gasteiger partial charge is 0.353 e. The van der Waals surface area contributed by atoms with Crippen LogP contribution in [0.2, 0.25) is 0 Å². The van der Waals surface area contributed by atoms with Gasteiger partial charge in [0.1, 0.15) is 0 Å². The second-order valence-corrected chi connectivity index (χ2v) is 5.61. The van der Waals surface area contributed by atoms with Gasteiger partial charge in [0.15, 0.2) is 6.29 Å². The van der Waals surface area contributed by atoms with Crippen molar-refractivity contribution in [3.63, 3.8) is 0 Å². The molecule has 0 aromatic carbocycles. The molecule has 0 heterocycles. The summed E-state index contributed by atoms with van der Waals surface area (Å²) in [6.07, 6.45) is 3.44. The minimum atomic E-state index is -1.07. The summed E-state index contributed by atoms with van der Waals surface area (Å²) in [5.41, 5.74) is 0. The smallest absolute Gasteiger partial charge is 0.283 e. The van der Waals surface area contributed by atoms with Crippen LogP contribution in [0.25, 0.3) is 0 Å². The van der Waals surface area contributed by atoms with E-state index in [0.29, 0.717) is 32.7 Å². The molecule has 0 spiro atoms. The second-order valence-electron chi connectivity index (χ2n) is 5.61. The Balaban J connectivity index is 4.56. The molecule has 0 N–H and O–H groups in total. The highest BCUT2D eigenvalue weighted by molar-refractivity contribution is 4.62. The van der Waals surface area contributed by atoms with Crippen LogP contribution in [0.1, 0.15) is 66.7 Å². The second kappa shape index (κ2) is 14.1. The summed E-state index contributed by atoms with van der Waals surface area (Å²) in [6, 6.07) is 0. The molecule has 0 saturated heterocycles. The molecule has 6 heteroatoms. The van der Waals surface area contributed by atoms with Crippen molar-refractivity contribution in [1.82, 2.24) is 0 Å². The van der Waals surface area contributed by atoms with E-state index in [2.05, 4.69) is 13.8 Å². The number of hydrogen-bond donors (Lipinski definition) is 0. The molecule has 2 atom stereocenters. The normalized spacial score (nSPS) is 15.8. The van der Waals surface area contributed by atoms with Crippen LogP contribution in [0.5, 0.6) is 0 Å². The lowest BCUT2D eigenvalue weighted by Gasteiger charge is -2.35. The average molecular weight is 336 g/mol. The van der Waals surface area contributed by atoms with Gasteiger partial charge in [-0.1, -0.05) is 20.3 Å². The van der Waals surface area contributed by atoms with Crippen LogP contribution in [0.15, 0.2) is 0 Å². The Bertz CT molecular complexity index is 261. The highest BCUT2D eigenvalue weighted by Crippen LogP contribution is 2.26. The Morgan fingerprint density at radius 3 is 2.22 bits per heavy atom. The number of methoxy groups -OCH3 is 1. The summed E-state index contributed by atoms with van der Waals surface area (Å²) in [5, 5.41) is 0. The van der Waals surface area contributed by atoms with E-state index < -0.39 is 12.3 Å². The van der Waals surface area contributed by atoms with Gasteiger partial charge < -0.3 is 18.9 Å². The summed E-state index contributed by atoms with van der Waals surface area (Å²) < 4.78 is 22.9. The molecule has 0 aliphatic heterocycles. The molecule has 2 unspecified atom stereocenters. The van der Waals surface area contributed by atoms with Gasteiger partial charge in [0.2, 0.25) is 0 Å². The standard InChI is InChI=1S/C17H36O6/c1-7-10-14-21-23-16(18-6)11-12-17(19-9-3,20-13-8-2)22-15(4)5/h15-16H,7-14H2,1-6H3. The van der Waals surface area contributed by atoms with Crippen molar-refractivity contribution in [3.8, 4) is 0 Å². The topological polar surface area (TPSA) is 55.4 Å². The zero-order valence-electron chi connectivity index (χ0n) is 15.8. The Kier molecular flexibility index (Phi) is 14.0. The van der Waals surface area contributed by atoms with Crippen LogP contribution >= 0.6 is 0 Å². The minimum Gasteiger partial charge on any atom is -0.353 e. The summed E-state index contributed by atoms with van der Waals surface area (Å²) in [6.45, 7) is 11.6. The molecular formula is C17H36O6. The predicted octanol–water partition coefficient (Wildman–Crippen LogP) is 4.03. The Morgan fingerprint density at radius 1 is 0.957 bits per heavy atom. The molecular weight excluding hydrogens is 300 g/mol. The first-order valence-corrected chi connectivity index (χ1v) is 8.80. The Labute approximate surface area is 141 Å². The Hall–Kier alpha value is -0.240. The van der Waals surface area contributed by atoms with Crippen molar-refractivity contribution in [3.05, 3.63) is 0 Å². The lowest BCUT2D eigenvalue weighted by Crippen LogP contribution is -2.42. The molecule has 0 rings (SSSR count). The zero-order chi connectivity index (χ0) is 17.6. The van der Waals surface area contributed by atoms with Gasteiger partial charge in [0.25, 0.3) is 5.97 Å². The van der Waals surface area contributed by atoms with Crippen molar-refractivity contribution in [2.45, 2.75) is 85.1 Å². The molecule has 0 aromatic heterocycles. The van der Waals surface area contributed by atoms with Gasteiger partial charge in [-0.05, 0) is 33.6 Å². The predicted molar refractivity (Wildman–Crippen MR) is 88.8 cm³/mol. The molecule has 0 saturated carbocycles. The van der Waals surface area contributed by atoms with E-state index in [9.17, 15) is 0 Å². The van der Waals surface area contributed by atoms with E-state index in [1.807, 2.05) is 20.8 Å². The van der Waals surface area contributed by atoms with E-state index in [1.54, 1.807) is 7.11 Å². The van der Waals surface area contributed by atoms with E-state index in [4.69, 9.17) is 28.7 Å². The number of ether oxygens (including phenoxy) is 4. The fourth-order valence-electron chi connectivity index (χ4n) is 1.98. The van der Waals surface area contributed by atoms with Crippen molar-refractivity contribution in [2.75, 3.05) is 26.9 Å². The van der Waals surface area contributed by atoms with Gasteiger partial charge in [0.05, 0.1) is 19.3 Å². The highest BCUT2D eigenvalue weighted by Gasteiger charge is 2.35. The third-order valence-corrected chi connectivity index (χ3v) is 3.01. The SMILES string of the molecule is CCCCOOC(CCC(OCC)(OCCC)OC(C)C)OC. The molecule has 0 aliphatic carbocycles. The maximum absolute atomic E-state index is 5.92. The summed E-state index contributed by atoms with van der Waals surface area (Å²) in [4.78, 5) is 10.5. The third-order valence-electron chi connectivity index (χ3n) is 3.01. The molecule has 140 valence electrons. The van der Waals surface area contributed by atoms with E-state index in [1.165, 1.54) is 0 Å². The number of unbranched alkanes of at least 4 members (excludes halogenated alkanes) is 1. The number of rotatable bonds is 16. The first-order chi connectivity index (χ1) is 11.0. The zero-order valence-corrected chi connectivity index (χ0v) is 15.8. The van der Waals surface area contributed by atoms with E-state index in [-0.39, 0.29) is 6.10 Å². The summed E-state index contributed by atoms with van der Waals surface area (Å²) in [5.74, 6) is -1.07. The van der Waals surface area contributed by atoms with Crippen LogP contribution in [0.4, 0.5) is 0 Å². The lowest BCUT2D eigenvalue weighted by molar-refractivity contribution is -0.407. The molecule has 6 nitrogen and oxygen atoms in total. The maximum atomic E-state index is 5.92. The van der Waals surface area contributed by atoms with Gasteiger partial charge >= 0.3 is 0 Å². The lowest BCUT2D eigenvalue weighted by atomic mass is 10.2. The molecule has 0 radical (unpaired) electrons. The van der Waals surface area contributed by atoms with Gasteiger partial charge in [-0.15, -0.1) is 0 Å². The Morgan fingerprint density at radius 2 is 1.70 bits per heavy atom. The van der Waals surface area contributed by atoms with Crippen LogP contribution in [0, 0.1) is 0 Å². The first-order valence-electron chi connectivity index (χ1n) is 8.80. The molecule has 0 amide bonds. The van der Waals surface area contributed by atoms with Gasteiger partial charge in [-0.3, -0.25) is 0 Å². The van der Waals surface area contributed by atoms with Crippen LogP contribution in [-0.4, -0.2) is 45.3 Å². The van der Waals surface area contributed by atoms with Crippen molar-refractivity contribution >= 4 is 0 Å². The molecule has 23 heavy (non-hydrogen) atoms. The minimum absolute atomic E-state index is 0.0128. The monoisotopic (exact) mass is 336 g/mol. The van der Waals surface area contributed by atoms with E-state index >= 15 is 0 Å². The fraction of sp³-hybridized carbons (Fsp3) is 1.00.